The van der Waals surface area contributed by atoms with Gasteiger partial charge in [-0.15, -0.1) is 0 Å². The average Bonchev–Trinajstić information content (AvgIpc) is 2.76. The highest BCUT2D eigenvalue weighted by Gasteiger charge is 2.13. The Hall–Kier alpha value is -3.67. The van der Waals surface area contributed by atoms with Crippen LogP contribution in [0.15, 0.2) is 72.9 Å². The Labute approximate surface area is 170 Å². The van der Waals surface area contributed by atoms with Crippen LogP contribution in [0.25, 0.3) is 0 Å². The van der Waals surface area contributed by atoms with Gasteiger partial charge in [-0.25, -0.2) is 4.79 Å². The van der Waals surface area contributed by atoms with Crippen LogP contribution in [0.4, 0.5) is 17.1 Å². The van der Waals surface area contributed by atoms with E-state index in [2.05, 4.69) is 22.1 Å². The Balaban J connectivity index is 1.75. The van der Waals surface area contributed by atoms with E-state index >= 15 is 0 Å². The van der Waals surface area contributed by atoms with E-state index in [1.54, 1.807) is 43.5 Å². The van der Waals surface area contributed by atoms with Gasteiger partial charge in [0.05, 0.1) is 12.2 Å². The topological polar surface area (TPSA) is 71.5 Å². The van der Waals surface area contributed by atoms with Gasteiger partial charge in [-0.3, -0.25) is 9.78 Å². The molecule has 1 aromatic heterocycles. The second-order valence-electron chi connectivity index (χ2n) is 6.23. The summed E-state index contributed by atoms with van der Waals surface area (Å²) in [7, 11) is 0. The molecule has 0 radical (unpaired) electrons. The minimum atomic E-state index is -0.389. The van der Waals surface area contributed by atoms with Crippen LogP contribution >= 0.6 is 0 Å². The number of carbonyl (C=O) groups excluding carboxylic acids is 2. The number of anilines is 3. The molecule has 0 atom stereocenters. The van der Waals surface area contributed by atoms with Crippen molar-refractivity contribution in [2.45, 2.75) is 13.8 Å². The summed E-state index contributed by atoms with van der Waals surface area (Å²) in [5.41, 5.74) is 3.25. The Morgan fingerprint density at radius 1 is 0.966 bits per heavy atom. The summed E-state index contributed by atoms with van der Waals surface area (Å²) in [6.07, 6.45) is 1.62. The summed E-state index contributed by atoms with van der Waals surface area (Å²) in [6, 6.07) is 20.2. The van der Waals surface area contributed by atoms with Crippen LogP contribution in [-0.4, -0.2) is 30.0 Å². The Kier molecular flexibility index (Phi) is 6.58. The predicted molar refractivity (Wildman–Crippen MR) is 114 cm³/mol. The molecule has 3 aromatic rings. The van der Waals surface area contributed by atoms with Crippen molar-refractivity contribution < 1.29 is 14.3 Å². The summed E-state index contributed by atoms with van der Waals surface area (Å²) in [6.45, 7) is 4.88. The smallest absolute Gasteiger partial charge is 0.338 e. The normalized spacial score (nSPS) is 10.3. The lowest BCUT2D eigenvalue weighted by Crippen LogP contribution is -2.18. The molecule has 1 amide bonds. The van der Waals surface area contributed by atoms with E-state index in [1.807, 2.05) is 36.4 Å². The molecule has 0 aliphatic carbocycles. The van der Waals surface area contributed by atoms with Crippen molar-refractivity contribution in [3.8, 4) is 0 Å². The van der Waals surface area contributed by atoms with Crippen molar-refractivity contribution in [2.24, 2.45) is 0 Å². The summed E-state index contributed by atoms with van der Waals surface area (Å²) in [5.74, 6) is -0.708. The molecule has 1 N–H and O–H groups in total. The molecule has 2 aromatic carbocycles. The van der Waals surface area contributed by atoms with Crippen LogP contribution < -0.4 is 10.2 Å². The van der Waals surface area contributed by atoms with Gasteiger partial charge in [-0.1, -0.05) is 18.2 Å². The molecule has 0 unspecified atom stereocenters. The summed E-state index contributed by atoms with van der Waals surface area (Å²) < 4.78 is 4.96. The lowest BCUT2D eigenvalue weighted by molar-refractivity contribution is 0.0526. The van der Waals surface area contributed by atoms with Gasteiger partial charge in [0.25, 0.3) is 5.91 Å². The minimum Gasteiger partial charge on any atom is -0.462 e. The Bertz CT molecular complexity index is 972. The molecule has 6 nitrogen and oxygen atoms in total. The first kappa shape index (κ1) is 20.1. The molecule has 0 spiro atoms. The molecule has 1 heterocycles. The molecule has 29 heavy (non-hydrogen) atoms. The van der Waals surface area contributed by atoms with Crippen molar-refractivity contribution in [3.63, 3.8) is 0 Å². The summed E-state index contributed by atoms with van der Waals surface area (Å²) >= 11 is 0. The fourth-order valence-electron chi connectivity index (χ4n) is 2.93. The first-order valence-corrected chi connectivity index (χ1v) is 9.49. The van der Waals surface area contributed by atoms with Gasteiger partial charge in [0.2, 0.25) is 0 Å². The zero-order valence-electron chi connectivity index (χ0n) is 16.5. The molecule has 3 rings (SSSR count). The second-order valence-corrected chi connectivity index (χ2v) is 6.23. The number of ether oxygens (including phenoxy) is 1. The first-order valence-electron chi connectivity index (χ1n) is 9.49. The van der Waals surface area contributed by atoms with Crippen molar-refractivity contribution in [3.05, 3.63) is 84.2 Å². The Morgan fingerprint density at radius 3 is 2.34 bits per heavy atom. The lowest BCUT2D eigenvalue weighted by atomic mass is 10.2. The van der Waals surface area contributed by atoms with Gasteiger partial charge in [0.15, 0.2) is 0 Å². The number of aromatic nitrogens is 1. The van der Waals surface area contributed by atoms with Crippen LogP contribution in [0.2, 0.25) is 0 Å². The predicted octanol–water partition coefficient (Wildman–Crippen LogP) is 4.67. The number of hydrogen-bond acceptors (Lipinski definition) is 5. The van der Waals surface area contributed by atoms with Crippen LogP contribution in [0, 0.1) is 0 Å². The Morgan fingerprint density at radius 2 is 1.69 bits per heavy atom. The molecule has 0 aliphatic rings. The highest BCUT2D eigenvalue weighted by atomic mass is 16.5. The second kappa shape index (κ2) is 9.50. The fourth-order valence-corrected chi connectivity index (χ4v) is 2.93. The average molecular weight is 389 g/mol. The number of pyridine rings is 1. The van der Waals surface area contributed by atoms with Gasteiger partial charge < -0.3 is 15.0 Å². The zero-order valence-corrected chi connectivity index (χ0v) is 16.5. The van der Waals surface area contributed by atoms with Gasteiger partial charge in [-0.05, 0) is 62.4 Å². The minimum absolute atomic E-state index is 0.311. The van der Waals surface area contributed by atoms with Crippen molar-refractivity contribution in [1.29, 1.82) is 0 Å². The van der Waals surface area contributed by atoms with Crippen LogP contribution in [0.5, 0.6) is 0 Å². The van der Waals surface area contributed by atoms with Crippen molar-refractivity contribution in [1.82, 2.24) is 4.98 Å². The number of nitrogens with zero attached hydrogens (tertiary/aromatic N) is 2. The molecular weight excluding hydrogens is 366 g/mol. The number of nitrogens with one attached hydrogen (secondary N) is 1. The number of rotatable bonds is 7. The number of amides is 1. The van der Waals surface area contributed by atoms with Crippen LogP contribution in [-0.2, 0) is 4.74 Å². The van der Waals surface area contributed by atoms with Crippen molar-refractivity contribution >= 4 is 28.9 Å². The van der Waals surface area contributed by atoms with Crippen LogP contribution in [0.1, 0.15) is 34.7 Å². The molecule has 0 saturated carbocycles. The maximum absolute atomic E-state index is 12.7. The molecule has 0 bridgehead atoms. The number of carbonyl (C=O) groups is 2. The quantitative estimate of drug-likeness (QED) is 0.595. The van der Waals surface area contributed by atoms with Crippen molar-refractivity contribution in [2.75, 3.05) is 23.4 Å². The van der Waals surface area contributed by atoms with Gasteiger partial charge in [0, 0.05) is 29.8 Å². The first-order chi connectivity index (χ1) is 14.1. The highest BCUT2D eigenvalue weighted by Crippen LogP contribution is 2.25. The molecule has 0 fully saturated rings. The summed E-state index contributed by atoms with van der Waals surface area (Å²) in [5, 5.41) is 2.81. The van der Waals surface area contributed by atoms with E-state index in [1.165, 1.54) is 0 Å². The van der Waals surface area contributed by atoms with E-state index in [0.717, 1.165) is 17.9 Å². The molecule has 0 saturated heterocycles. The van der Waals surface area contributed by atoms with Gasteiger partial charge in [-0.2, -0.15) is 0 Å². The number of para-hydroxylation sites is 1. The third-order valence-electron chi connectivity index (χ3n) is 4.33. The number of benzene rings is 2. The van der Waals surface area contributed by atoms with Gasteiger partial charge in [0.1, 0.15) is 5.69 Å². The SMILES string of the molecule is CCOC(=O)c1ccc(NC(=O)c2cc(N(CC)c3ccccc3)ccn2)cc1. The molecule has 148 valence electrons. The van der Waals surface area contributed by atoms with E-state index in [0.29, 0.717) is 23.6 Å². The fraction of sp³-hybridized carbons (Fsp3) is 0.174. The maximum atomic E-state index is 12.7. The zero-order chi connectivity index (χ0) is 20.6. The maximum Gasteiger partial charge on any atom is 0.338 e. The monoisotopic (exact) mass is 389 g/mol. The van der Waals surface area contributed by atoms with E-state index in [9.17, 15) is 9.59 Å². The van der Waals surface area contributed by atoms with E-state index < -0.39 is 0 Å². The molecular formula is C23H23N3O3. The largest absolute Gasteiger partial charge is 0.462 e. The number of esters is 1. The number of hydrogen-bond donors (Lipinski definition) is 1. The lowest BCUT2D eigenvalue weighted by Gasteiger charge is -2.23. The third-order valence-corrected chi connectivity index (χ3v) is 4.33. The van der Waals surface area contributed by atoms with E-state index in [4.69, 9.17) is 4.74 Å². The molecule has 6 heteroatoms. The molecule has 0 aliphatic heterocycles. The van der Waals surface area contributed by atoms with Crippen LogP contribution in [0.3, 0.4) is 0 Å². The van der Waals surface area contributed by atoms with E-state index in [-0.39, 0.29) is 11.9 Å². The summed E-state index contributed by atoms with van der Waals surface area (Å²) in [4.78, 5) is 30.7. The third kappa shape index (κ3) is 4.99. The highest BCUT2D eigenvalue weighted by molar-refractivity contribution is 6.03. The standard InChI is InChI=1S/C23H23N3O3/c1-3-26(19-8-6-5-7-9-19)20-14-15-24-21(16-20)22(27)25-18-12-10-17(11-13-18)23(28)29-4-2/h5-16H,3-4H2,1-2H3,(H,25,27). The van der Waals surface area contributed by atoms with Gasteiger partial charge >= 0.3 is 5.97 Å².